The molecule has 12 heteroatoms. The summed E-state index contributed by atoms with van der Waals surface area (Å²) in [7, 11) is 0. The van der Waals surface area contributed by atoms with Crippen LogP contribution in [0.4, 0.5) is 0 Å². The molecule has 3 fully saturated rings. The highest BCUT2D eigenvalue weighted by atomic mass is 16.7. The number of Topliss-reactive ketones (excluding diaryl/α,β-unsaturated/α-hetero) is 1. The van der Waals surface area contributed by atoms with E-state index in [2.05, 4.69) is 12.7 Å². The number of ether oxygens (including phenoxy) is 3. The van der Waals surface area contributed by atoms with Crippen molar-refractivity contribution in [2.75, 3.05) is 6.61 Å². The van der Waals surface area contributed by atoms with Gasteiger partial charge in [0.15, 0.2) is 5.78 Å². The fraction of sp³-hybridized carbons (Fsp3) is 0.718. The molecule has 0 amide bonds. The van der Waals surface area contributed by atoms with Gasteiger partial charge in [-0.1, -0.05) is 52.8 Å². The van der Waals surface area contributed by atoms with E-state index < -0.39 is 99.9 Å². The van der Waals surface area contributed by atoms with Crippen molar-refractivity contribution in [1.29, 1.82) is 0 Å². The molecule has 51 heavy (non-hydrogen) atoms. The Morgan fingerprint density at radius 2 is 1.67 bits per heavy atom. The minimum atomic E-state index is -2.06. The highest BCUT2D eigenvalue weighted by molar-refractivity contribution is 5.97. The molecule has 5 aliphatic rings. The number of ketones is 2. The van der Waals surface area contributed by atoms with Gasteiger partial charge in [0.2, 0.25) is 6.29 Å². The molecule has 4 aliphatic carbocycles. The molecule has 0 radical (unpaired) electrons. The quantitative estimate of drug-likeness (QED) is 0.122. The van der Waals surface area contributed by atoms with Crippen LogP contribution < -0.4 is 0 Å². The number of carbonyl (C=O) groups excluding carboxylic acids is 3. The predicted octanol–water partition coefficient (Wildman–Crippen LogP) is 2.44. The summed E-state index contributed by atoms with van der Waals surface area (Å²) in [5, 5.41) is 64.9. The Labute approximate surface area is 299 Å². The van der Waals surface area contributed by atoms with Crippen molar-refractivity contribution in [2.24, 2.45) is 39.4 Å². The van der Waals surface area contributed by atoms with Crippen molar-refractivity contribution in [2.45, 2.75) is 130 Å². The molecule has 1 saturated heterocycles. The van der Waals surface area contributed by atoms with Gasteiger partial charge in [0.05, 0.1) is 12.7 Å². The number of carbonyl (C=O) groups is 3. The van der Waals surface area contributed by atoms with Crippen LogP contribution >= 0.6 is 0 Å². The van der Waals surface area contributed by atoms with Crippen molar-refractivity contribution >= 4 is 17.5 Å². The van der Waals surface area contributed by atoms with Gasteiger partial charge in [0, 0.05) is 36.0 Å². The lowest BCUT2D eigenvalue weighted by Gasteiger charge is -2.64. The van der Waals surface area contributed by atoms with Crippen LogP contribution in [0.2, 0.25) is 0 Å². The minimum Gasteiger partial charge on any atom is -0.462 e. The maximum atomic E-state index is 14.8. The molecule has 12 nitrogen and oxygen atoms in total. The predicted molar refractivity (Wildman–Crippen MR) is 184 cm³/mol. The third-order valence-electron chi connectivity index (χ3n) is 13.5. The number of allylic oxidation sites excluding steroid dienone is 4. The summed E-state index contributed by atoms with van der Waals surface area (Å²) in [6.07, 6.45) is -1.36. The Hall–Kier alpha value is -2.71. The van der Waals surface area contributed by atoms with E-state index in [-0.39, 0.29) is 30.3 Å². The Morgan fingerprint density at radius 1 is 1.04 bits per heavy atom. The third kappa shape index (κ3) is 5.89. The summed E-state index contributed by atoms with van der Waals surface area (Å²) in [5.74, 6) is -2.87. The fourth-order valence-electron chi connectivity index (χ4n) is 10.4. The average Bonchev–Trinajstić information content (AvgIpc) is 3.22. The highest BCUT2D eigenvalue weighted by Crippen LogP contribution is 2.74. The summed E-state index contributed by atoms with van der Waals surface area (Å²) >= 11 is 0. The van der Waals surface area contributed by atoms with Crippen LogP contribution in [0, 0.1) is 39.4 Å². The van der Waals surface area contributed by atoms with Crippen LogP contribution in [0.25, 0.3) is 0 Å². The number of rotatable bonds is 8. The maximum Gasteiger partial charge on any atom is 0.303 e. The number of esters is 1. The van der Waals surface area contributed by atoms with Crippen molar-refractivity contribution in [3.63, 3.8) is 0 Å². The Morgan fingerprint density at radius 3 is 2.25 bits per heavy atom. The van der Waals surface area contributed by atoms with Gasteiger partial charge in [0.25, 0.3) is 0 Å². The first-order valence-corrected chi connectivity index (χ1v) is 17.8. The molecule has 0 aromatic carbocycles. The summed E-state index contributed by atoms with van der Waals surface area (Å²) < 4.78 is 17.1. The molecule has 1 unspecified atom stereocenters. The van der Waals surface area contributed by atoms with E-state index in [1.165, 1.54) is 26.0 Å². The van der Waals surface area contributed by atoms with E-state index >= 15 is 0 Å². The molecule has 6 N–H and O–H groups in total. The maximum absolute atomic E-state index is 14.8. The summed E-state index contributed by atoms with van der Waals surface area (Å²) in [5.41, 5.74) is -5.10. The lowest BCUT2D eigenvalue weighted by atomic mass is 9.39. The molecule has 284 valence electrons. The van der Waals surface area contributed by atoms with Crippen LogP contribution in [0.1, 0.15) is 81.6 Å². The molecule has 1 heterocycles. The second kappa shape index (κ2) is 12.7. The van der Waals surface area contributed by atoms with Gasteiger partial charge in [-0.25, -0.2) is 0 Å². The SMILES string of the molecule is C=C1C(O[C@@H]2O[C@H](CO)[C@@H](O)[C@H](O)[C@H]2O)=C[C@@H]2C(=CCC3[C@]4(C)C[C@@H](O)[C@H]([C@@](C)(O)C(=O)/C=C/C(C)(C)OC(C)=O)[C@@]4(C)CC(=O)[C@]32C)C1(C)C. The monoisotopic (exact) mass is 716 g/mol. The first kappa shape index (κ1) is 39.5. The topological polar surface area (TPSA) is 200 Å². The Balaban J connectivity index is 1.52. The van der Waals surface area contributed by atoms with Gasteiger partial charge in [-0.05, 0) is 74.2 Å². The standard InChI is InChI=1S/C39H56O12/c1-19-24(49-33-31(47)30(46)29(45)25(18-40)50-33)15-22-21(35(19,5)6)11-12-26-36(7)16-23(42)32(37(36,8)17-28(44)38(22,26)9)39(10,48)27(43)13-14-34(3,4)51-20(2)41/h11,13-15,22-23,25-26,29-33,40,42,45-48H,1,12,16-18H2,2-10H3/b14-13+/t22-,23-,25-,26?,29-,30+,31-,32+,33-,36+,37-,38+,39+/m1/s1. The largest absolute Gasteiger partial charge is 0.462 e. The number of aliphatic hydroxyl groups is 6. The second-order valence-electron chi connectivity index (χ2n) is 17.4. The van der Waals surface area contributed by atoms with Gasteiger partial charge < -0.3 is 44.8 Å². The van der Waals surface area contributed by atoms with Gasteiger partial charge >= 0.3 is 5.97 Å². The molecule has 2 saturated carbocycles. The van der Waals surface area contributed by atoms with E-state index in [1.54, 1.807) is 19.9 Å². The van der Waals surface area contributed by atoms with Gasteiger partial charge in [0.1, 0.15) is 47.2 Å². The molecule has 13 atom stereocenters. The number of hydrogen-bond acceptors (Lipinski definition) is 12. The fourth-order valence-corrected chi connectivity index (χ4v) is 10.4. The molecule has 0 aromatic heterocycles. The molecular weight excluding hydrogens is 660 g/mol. The summed E-state index contributed by atoms with van der Waals surface area (Å²) in [4.78, 5) is 40.1. The zero-order chi connectivity index (χ0) is 38.4. The smallest absolute Gasteiger partial charge is 0.303 e. The Kier molecular flexibility index (Phi) is 9.84. The van der Waals surface area contributed by atoms with Crippen molar-refractivity contribution < 1.29 is 59.2 Å². The van der Waals surface area contributed by atoms with Crippen LogP contribution in [-0.2, 0) is 28.6 Å². The number of aliphatic hydroxyl groups excluding tert-OH is 5. The van der Waals surface area contributed by atoms with E-state index in [0.29, 0.717) is 12.0 Å². The highest BCUT2D eigenvalue weighted by Gasteiger charge is 2.74. The van der Waals surface area contributed by atoms with Crippen molar-refractivity contribution in [3.8, 4) is 0 Å². The molecule has 5 rings (SSSR count). The van der Waals surface area contributed by atoms with E-state index in [1.807, 2.05) is 34.6 Å². The van der Waals surface area contributed by atoms with Crippen LogP contribution in [0.3, 0.4) is 0 Å². The lowest BCUT2D eigenvalue weighted by molar-refractivity contribution is -0.291. The Bertz CT molecular complexity index is 1570. The zero-order valence-corrected chi connectivity index (χ0v) is 31.2. The van der Waals surface area contributed by atoms with Crippen LogP contribution in [0.15, 0.2) is 47.8 Å². The van der Waals surface area contributed by atoms with Gasteiger partial charge in [-0.2, -0.15) is 0 Å². The average molecular weight is 717 g/mol. The van der Waals surface area contributed by atoms with Gasteiger partial charge in [-0.3, -0.25) is 14.4 Å². The van der Waals surface area contributed by atoms with Gasteiger partial charge in [-0.15, -0.1) is 0 Å². The van der Waals surface area contributed by atoms with E-state index in [0.717, 1.165) is 5.57 Å². The lowest BCUT2D eigenvalue weighted by Crippen LogP contribution is -2.64. The molecule has 0 spiro atoms. The second-order valence-corrected chi connectivity index (χ2v) is 17.4. The van der Waals surface area contributed by atoms with Crippen molar-refractivity contribution in [3.05, 3.63) is 47.8 Å². The van der Waals surface area contributed by atoms with E-state index in [9.17, 15) is 45.0 Å². The normalized spacial score (nSPS) is 43.3. The summed E-state index contributed by atoms with van der Waals surface area (Å²) in [6.45, 7) is 19.3. The first-order chi connectivity index (χ1) is 23.3. The molecule has 0 bridgehead atoms. The zero-order valence-electron chi connectivity index (χ0n) is 31.2. The first-order valence-electron chi connectivity index (χ1n) is 17.8. The molecule has 1 aliphatic heterocycles. The van der Waals surface area contributed by atoms with Crippen LogP contribution in [-0.4, -0.2) is 103 Å². The third-order valence-corrected chi connectivity index (χ3v) is 13.5. The number of hydrogen-bond donors (Lipinski definition) is 6. The molecule has 0 aromatic rings. The number of fused-ring (bicyclic) bond motifs is 5. The van der Waals surface area contributed by atoms with Crippen molar-refractivity contribution in [1.82, 2.24) is 0 Å². The summed E-state index contributed by atoms with van der Waals surface area (Å²) in [6, 6.07) is 0. The molecular formula is C39H56O12. The minimum absolute atomic E-state index is 0.0216. The van der Waals surface area contributed by atoms with Crippen LogP contribution in [0.5, 0.6) is 0 Å². The van der Waals surface area contributed by atoms with E-state index in [4.69, 9.17) is 14.2 Å².